The maximum Gasteiger partial charge on any atom is 0.272 e. The molecule has 0 N–H and O–H groups in total. The van der Waals surface area contributed by atoms with Crippen LogP contribution in [0.3, 0.4) is 0 Å². The molecule has 0 spiro atoms. The van der Waals surface area contributed by atoms with E-state index in [1.807, 2.05) is 13.1 Å². The van der Waals surface area contributed by atoms with E-state index < -0.39 is 0 Å². The minimum absolute atomic E-state index is 0.0219. The van der Waals surface area contributed by atoms with Crippen LogP contribution in [0.4, 0.5) is 0 Å². The monoisotopic (exact) mass is 380 g/mol. The molecule has 28 heavy (non-hydrogen) atoms. The van der Waals surface area contributed by atoms with Crippen LogP contribution in [0, 0.1) is 0 Å². The van der Waals surface area contributed by atoms with Gasteiger partial charge in [-0.3, -0.25) is 14.4 Å². The Morgan fingerprint density at radius 3 is 2.64 bits per heavy atom. The van der Waals surface area contributed by atoms with Crippen LogP contribution in [0.5, 0.6) is 0 Å². The first kappa shape index (κ1) is 19.2. The molecule has 0 saturated carbocycles. The van der Waals surface area contributed by atoms with Gasteiger partial charge in [-0.1, -0.05) is 43.2 Å². The summed E-state index contributed by atoms with van der Waals surface area (Å²) in [7, 11) is 4.11. The zero-order valence-corrected chi connectivity index (χ0v) is 17.3. The number of carbonyl (C=O) groups excluding carboxylic acids is 1. The van der Waals surface area contributed by atoms with Gasteiger partial charge in [-0.2, -0.15) is 5.10 Å². The second-order valence-electron chi connectivity index (χ2n) is 8.74. The number of likely N-dealkylation sites (N-methyl/N-ethyl adjacent to an activating group) is 1. The van der Waals surface area contributed by atoms with Crippen LogP contribution in [0.1, 0.15) is 55.1 Å². The van der Waals surface area contributed by atoms with Crippen molar-refractivity contribution in [3.8, 4) is 0 Å². The zero-order chi connectivity index (χ0) is 19.7. The maximum atomic E-state index is 13.7. The van der Waals surface area contributed by atoms with E-state index in [1.165, 1.54) is 24.8 Å². The third kappa shape index (κ3) is 3.37. The standard InChI is InChI=1S/C23H32N4O/c1-23-17-19(16-18-10-6-4-7-11-18)27(22(28)20-13-14-24-26(20)3)21(23)12-8-5-9-15-25(23)2/h4,6-7,10-11,13-14,19,21H,5,8-9,12,15-17H2,1-3H3/t19-,21+,23+/m1/s1. The number of aryl methyl sites for hydroxylation is 1. The average molecular weight is 381 g/mol. The topological polar surface area (TPSA) is 41.4 Å². The Kier molecular flexibility index (Phi) is 5.28. The Morgan fingerprint density at radius 1 is 1.14 bits per heavy atom. The lowest BCUT2D eigenvalue weighted by Crippen LogP contribution is -2.55. The summed E-state index contributed by atoms with van der Waals surface area (Å²) in [5.74, 6) is 0.128. The van der Waals surface area contributed by atoms with Gasteiger partial charge in [0.15, 0.2) is 0 Å². The minimum atomic E-state index is 0.0219. The van der Waals surface area contributed by atoms with Crippen LogP contribution in [-0.4, -0.2) is 56.7 Å². The highest BCUT2D eigenvalue weighted by Crippen LogP contribution is 2.43. The molecule has 3 heterocycles. The molecule has 0 radical (unpaired) electrons. The van der Waals surface area contributed by atoms with Gasteiger partial charge in [0.1, 0.15) is 5.69 Å². The molecule has 0 bridgehead atoms. The van der Waals surface area contributed by atoms with E-state index >= 15 is 0 Å². The summed E-state index contributed by atoms with van der Waals surface area (Å²) in [4.78, 5) is 18.4. The van der Waals surface area contributed by atoms with Crippen LogP contribution in [0.15, 0.2) is 42.6 Å². The van der Waals surface area contributed by atoms with Gasteiger partial charge in [-0.25, -0.2) is 0 Å². The summed E-state index contributed by atoms with van der Waals surface area (Å²) >= 11 is 0. The SMILES string of the molecule is CN1CCCCC[C@@H]2N(C(=O)c3ccnn3C)[C@H](Cc3ccccc3)C[C@@]21C. The Hall–Kier alpha value is -2.14. The number of benzene rings is 1. The van der Waals surface area contributed by atoms with Crippen LogP contribution >= 0.6 is 0 Å². The molecule has 2 aliphatic heterocycles. The van der Waals surface area contributed by atoms with E-state index in [1.54, 1.807) is 10.9 Å². The number of nitrogens with zero attached hydrogens (tertiary/aromatic N) is 4. The van der Waals surface area contributed by atoms with Gasteiger partial charge in [0.25, 0.3) is 5.91 Å². The quantitative estimate of drug-likeness (QED) is 0.818. The van der Waals surface area contributed by atoms with Gasteiger partial charge in [0, 0.05) is 24.8 Å². The first-order valence-corrected chi connectivity index (χ1v) is 10.6. The summed E-state index contributed by atoms with van der Waals surface area (Å²) in [6, 6.07) is 12.9. The lowest BCUT2D eigenvalue weighted by molar-refractivity contribution is 0.0445. The van der Waals surface area contributed by atoms with E-state index in [0.717, 1.165) is 25.8 Å². The van der Waals surface area contributed by atoms with Crippen molar-refractivity contribution in [2.45, 2.75) is 63.1 Å². The fourth-order valence-electron chi connectivity index (χ4n) is 5.32. The fraction of sp³-hybridized carbons (Fsp3) is 0.565. The van der Waals surface area contributed by atoms with Crippen molar-refractivity contribution in [1.82, 2.24) is 19.6 Å². The van der Waals surface area contributed by atoms with Crippen molar-refractivity contribution in [2.24, 2.45) is 7.05 Å². The van der Waals surface area contributed by atoms with Gasteiger partial charge in [0.05, 0.1) is 6.04 Å². The molecule has 0 aliphatic carbocycles. The lowest BCUT2D eigenvalue weighted by atomic mass is 9.84. The van der Waals surface area contributed by atoms with Crippen LogP contribution in [0.2, 0.25) is 0 Å². The molecule has 1 aromatic carbocycles. The molecular formula is C23H32N4O. The minimum Gasteiger partial charge on any atom is -0.329 e. The maximum absolute atomic E-state index is 13.7. The van der Waals surface area contributed by atoms with E-state index in [2.05, 4.69) is 59.2 Å². The molecule has 3 atom stereocenters. The second-order valence-corrected chi connectivity index (χ2v) is 8.74. The largest absolute Gasteiger partial charge is 0.329 e. The third-order valence-corrected chi connectivity index (χ3v) is 7.03. The van der Waals surface area contributed by atoms with Crippen molar-refractivity contribution in [1.29, 1.82) is 0 Å². The Balaban J connectivity index is 1.72. The van der Waals surface area contributed by atoms with Crippen LogP contribution < -0.4 is 0 Å². The highest BCUT2D eigenvalue weighted by molar-refractivity contribution is 5.93. The molecule has 150 valence electrons. The Morgan fingerprint density at radius 2 is 1.93 bits per heavy atom. The summed E-state index contributed by atoms with van der Waals surface area (Å²) < 4.78 is 1.71. The number of aromatic nitrogens is 2. The van der Waals surface area contributed by atoms with E-state index in [9.17, 15) is 4.79 Å². The normalized spacial score (nSPS) is 28.6. The number of carbonyl (C=O) groups is 1. The highest BCUT2D eigenvalue weighted by atomic mass is 16.2. The Bertz CT molecular complexity index is 817. The molecule has 2 aliphatic rings. The van der Waals surface area contributed by atoms with Crippen molar-refractivity contribution >= 4 is 5.91 Å². The predicted octanol–water partition coefficient (Wildman–Crippen LogP) is 3.51. The van der Waals surface area contributed by atoms with Gasteiger partial charge in [0.2, 0.25) is 0 Å². The second kappa shape index (κ2) is 7.70. The number of rotatable bonds is 3. The predicted molar refractivity (Wildman–Crippen MR) is 111 cm³/mol. The van der Waals surface area contributed by atoms with Gasteiger partial charge >= 0.3 is 0 Å². The van der Waals surface area contributed by atoms with E-state index in [0.29, 0.717) is 5.69 Å². The number of likely N-dealkylation sites (tertiary alicyclic amines) is 2. The molecule has 4 rings (SSSR count). The number of amides is 1. The molecule has 5 heteroatoms. The fourth-order valence-corrected chi connectivity index (χ4v) is 5.32. The molecule has 1 aromatic heterocycles. The molecule has 2 aromatic rings. The summed E-state index contributed by atoms with van der Waals surface area (Å²) in [6.45, 7) is 3.48. The number of hydrogen-bond donors (Lipinski definition) is 0. The van der Waals surface area contributed by atoms with Crippen molar-refractivity contribution in [3.05, 3.63) is 53.9 Å². The molecule has 2 fully saturated rings. The molecule has 5 nitrogen and oxygen atoms in total. The lowest BCUT2D eigenvalue weighted by Gasteiger charge is -2.43. The summed E-state index contributed by atoms with van der Waals surface area (Å²) in [5.41, 5.74) is 2.01. The zero-order valence-electron chi connectivity index (χ0n) is 17.3. The third-order valence-electron chi connectivity index (χ3n) is 7.03. The molecular weight excluding hydrogens is 348 g/mol. The Labute approximate surface area is 168 Å². The van der Waals surface area contributed by atoms with Crippen molar-refractivity contribution < 1.29 is 4.79 Å². The highest BCUT2D eigenvalue weighted by Gasteiger charge is 2.53. The number of hydrogen-bond acceptors (Lipinski definition) is 3. The summed E-state index contributed by atoms with van der Waals surface area (Å²) in [6.07, 6.45) is 8.42. The van der Waals surface area contributed by atoms with Crippen molar-refractivity contribution in [3.63, 3.8) is 0 Å². The number of fused-ring (bicyclic) bond motifs is 1. The molecule has 1 amide bonds. The average Bonchev–Trinajstić information content (AvgIpc) is 3.22. The van der Waals surface area contributed by atoms with Gasteiger partial charge in [-0.15, -0.1) is 0 Å². The molecule has 0 unspecified atom stereocenters. The van der Waals surface area contributed by atoms with Crippen LogP contribution in [-0.2, 0) is 13.5 Å². The first-order valence-electron chi connectivity index (χ1n) is 10.6. The smallest absolute Gasteiger partial charge is 0.272 e. The first-order chi connectivity index (χ1) is 13.5. The van der Waals surface area contributed by atoms with E-state index in [-0.39, 0.29) is 23.5 Å². The van der Waals surface area contributed by atoms with Gasteiger partial charge in [-0.05, 0) is 57.8 Å². The summed E-state index contributed by atoms with van der Waals surface area (Å²) in [5, 5.41) is 4.25. The van der Waals surface area contributed by atoms with Gasteiger partial charge < -0.3 is 4.90 Å². The van der Waals surface area contributed by atoms with Crippen LogP contribution in [0.25, 0.3) is 0 Å². The van der Waals surface area contributed by atoms with E-state index in [4.69, 9.17) is 0 Å². The molecule has 2 saturated heterocycles. The van der Waals surface area contributed by atoms with Crippen molar-refractivity contribution in [2.75, 3.05) is 13.6 Å².